The fourth-order valence-corrected chi connectivity index (χ4v) is 2.16. The zero-order chi connectivity index (χ0) is 13.5. The van der Waals surface area contributed by atoms with Gasteiger partial charge in [0.15, 0.2) is 0 Å². The maximum atomic E-state index is 5.62. The van der Waals surface area contributed by atoms with Crippen molar-refractivity contribution >= 4 is 0 Å². The Hall–Kier alpha value is -0.970. The molecule has 0 spiro atoms. The van der Waals surface area contributed by atoms with E-state index in [-0.39, 0.29) is 0 Å². The van der Waals surface area contributed by atoms with Crippen LogP contribution in [-0.4, -0.2) is 48.0 Å². The summed E-state index contributed by atoms with van der Waals surface area (Å²) < 4.78 is 0. The van der Waals surface area contributed by atoms with E-state index in [1.165, 1.54) is 0 Å². The Labute approximate surface area is 111 Å². The highest BCUT2D eigenvalue weighted by Gasteiger charge is 2.13. The van der Waals surface area contributed by atoms with E-state index in [0.29, 0.717) is 12.6 Å². The van der Waals surface area contributed by atoms with Gasteiger partial charge in [-0.25, -0.2) is 0 Å². The normalized spacial score (nSPS) is 13.3. The molecule has 1 aromatic rings. The molecule has 1 rings (SSSR count). The van der Waals surface area contributed by atoms with E-state index >= 15 is 0 Å². The Bertz CT molecular complexity index is 351. The molecule has 0 aliphatic carbocycles. The van der Waals surface area contributed by atoms with Crippen LogP contribution >= 0.6 is 0 Å². The molecule has 0 amide bonds. The molecular formula is C14H26N4. The van der Waals surface area contributed by atoms with Gasteiger partial charge in [-0.1, -0.05) is 13.0 Å². The lowest BCUT2D eigenvalue weighted by Gasteiger charge is -2.29. The molecule has 18 heavy (non-hydrogen) atoms. The Balaban J connectivity index is 2.66. The van der Waals surface area contributed by atoms with Crippen LogP contribution in [-0.2, 0) is 13.1 Å². The van der Waals surface area contributed by atoms with Crippen LogP contribution in [0.1, 0.15) is 25.2 Å². The zero-order valence-electron chi connectivity index (χ0n) is 12.1. The molecule has 1 atom stereocenters. The number of nitrogens with zero attached hydrogens (tertiary/aromatic N) is 3. The third kappa shape index (κ3) is 4.72. The topological polar surface area (TPSA) is 45.4 Å². The van der Waals surface area contributed by atoms with Gasteiger partial charge < -0.3 is 10.6 Å². The molecular weight excluding hydrogens is 224 g/mol. The molecule has 0 saturated carbocycles. The second kappa shape index (κ2) is 7.46. The van der Waals surface area contributed by atoms with Gasteiger partial charge in [-0.15, -0.1) is 0 Å². The number of aromatic nitrogens is 1. The highest BCUT2D eigenvalue weighted by atomic mass is 15.2. The number of pyridine rings is 1. The summed E-state index contributed by atoms with van der Waals surface area (Å²) in [5, 5.41) is 0. The lowest BCUT2D eigenvalue weighted by Crippen LogP contribution is -2.39. The van der Waals surface area contributed by atoms with Crippen molar-refractivity contribution in [1.82, 2.24) is 14.8 Å². The van der Waals surface area contributed by atoms with E-state index < -0.39 is 0 Å². The highest BCUT2D eigenvalue weighted by Crippen LogP contribution is 2.08. The van der Waals surface area contributed by atoms with Crippen LogP contribution in [0.4, 0.5) is 0 Å². The Kier molecular flexibility index (Phi) is 6.25. The first kappa shape index (κ1) is 15.1. The van der Waals surface area contributed by atoms with Crippen LogP contribution in [0.3, 0.4) is 0 Å². The molecule has 4 heteroatoms. The SMILES string of the molecule is CCN(Cc1cccc(CN)n1)C(C)CN(C)C. The summed E-state index contributed by atoms with van der Waals surface area (Å²) in [6.07, 6.45) is 0. The molecule has 0 radical (unpaired) electrons. The van der Waals surface area contributed by atoms with Crippen molar-refractivity contribution in [2.45, 2.75) is 33.0 Å². The summed E-state index contributed by atoms with van der Waals surface area (Å²) in [6, 6.07) is 6.61. The standard InChI is InChI=1S/C14H26N4/c1-5-18(12(2)10-17(3)4)11-14-8-6-7-13(9-15)16-14/h6-8,12H,5,9-11,15H2,1-4H3. The summed E-state index contributed by atoms with van der Waals surface area (Å²) in [7, 11) is 4.22. The van der Waals surface area contributed by atoms with Crippen LogP contribution in [0.15, 0.2) is 18.2 Å². The van der Waals surface area contributed by atoms with Gasteiger partial charge in [-0.2, -0.15) is 0 Å². The molecule has 1 aromatic heterocycles. The minimum atomic E-state index is 0.507. The van der Waals surface area contributed by atoms with Crippen molar-refractivity contribution in [2.24, 2.45) is 5.73 Å². The monoisotopic (exact) mass is 250 g/mol. The van der Waals surface area contributed by atoms with E-state index in [2.05, 4.69) is 48.8 Å². The molecule has 102 valence electrons. The molecule has 0 aliphatic heterocycles. The van der Waals surface area contributed by atoms with Crippen molar-refractivity contribution in [1.29, 1.82) is 0 Å². The predicted molar refractivity (Wildman–Crippen MR) is 76.2 cm³/mol. The molecule has 0 aliphatic rings. The van der Waals surface area contributed by atoms with Gasteiger partial charge in [0.25, 0.3) is 0 Å². The van der Waals surface area contributed by atoms with Crippen molar-refractivity contribution in [3.63, 3.8) is 0 Å². The van der Waals surface area contributed by atoms with Crippen molar-refractivity contribution in [2.75, 3.05) is 27.2 Å². The summed E-state index contributed by atoms with van der Waals surface area (Å²) in [5.41, 5.74) is 7.69. The number of rotatable bonds is 7. The van der Waals surface area contributed by atoms with E-state index in [1.807, 2.05) is 12.1 Å². The molecule has 4 nitrogen and oxygen atoms in total. The quantitative estimate of drug-likeness (QED) is 0.792. The van der Waals surface area contributed by atoms with Crippen LogP contribution in [0, 0.1) is 0 Å². The lowest BCUT2D eigenvalue weighted by atomic mass is 10.2. The van der Waals surface area contributed by atoms with Crippen molar-refractivity contribution in [3.8, 4) is 0 Å². The molecule has 0 aromatic carbocycles. The second-order valence-corrected chi connectivity index (χ2v) is 5.00. The Morgan fingerprint density at radius 1 is 1.28 bits per heavy atom. The average Bonchev–Trinajstić information content (AvgIpc) is 2.35. The predicted octanol–water partition coefficient (Wildman–Crippen LogP) is 1.31. The first-order valence-electron chi connectivity index (χ1n) is 6.60. The first-order chi connectivity index (χ1) is 8.56. The molecule has 1 heterocycles. The molecule has 0 saturated heterocycles. The molecule has 1 unspecified atom stereocenters. The van der Waals surface area contributed by atoms with E-state index in [4.69, 9.17) is 5.73 Å². The van der Waals surface area contributed by atoms with E-state index in [1.54, 1.807) is 0 Å². The summed E-state index contributed by atoms with van der Waals surface area (Å²) in [5.74, 6) is 0. The molecule has 2 N–H and O–H groups in total. The Morgan fingerprint density at radius 3 is 2.50 bits per heavy atom. The summed E-state index contributed by atoms with van der Waals surface area (Å²) >= 11 is 0. The number of likely N-dealkylation sites (N-methyl/N-ethyl adjacent to an activating group) is 2. The van der Waals surface area contributed by atoms with Crippen LogP contribution in [0.25, 0.3) is 0 Å². The number of hydrogen-bond donors (Lipinski definition) is 1. The van der Waals surface area contributed by atoms with E-state index in [0.717, 1.165) is 31.0 Å². The Morgan fingerprint density at radius 2 is 1.94 bits per heavy atom. The first-order valence-corrected chi connectivity index (χ1v) is 6.60. The minimum Gasteiger partial charge on any atom is -0.325 e. The maximum absolute atomic E-state index is 5.62. The smallest absolute Gasteiger partial charge is 0.0547 e. The fourth-order valence-electron chi connectivity index (χ4n) is 2.16. The van der Waals surface area contributed by atoms with Gasteiger partial charge in [0.2, 0.25) is 0 Å². The fraction of sp³-hybridized carbons (Fsp3) is 0.643. The van der Waals surface area contributed by atoms with Gasteiger partial charge in [0.1, 0.15) is 0 Å². The summed E-state index contributed by atoms with van der Waals surface area (Å²) in [4.78, 5) is 9.21. The van der Waals surface area contributed by atoms with Gasteiger partial charge in [-0.3, -0.25) is 9.88 Å². The maximum Gasteiger partial charge on any atom is 0.0547 e. The van der Waals surface area contributed by atoms with Gasteiger partial charge in [0, 0.05) is 25.7 Å². The summed E-state index contributed by atoms with van der Waals surface area (Å²) in [6.45, 7) is 7.94. The molecule has 0 fully saturated rings. The third-order valence-electron chi connectivity index (χ3n) is 3.10. The van der Waals surface area contributed by atoms with Gasteiger partial charge >= 0.3 is 0 Å². The lowest BCUT2D eigenvalue weighted by molar-refractivity contribution is 0.172. The average molecular weight is 250 g/mol. The van der Waals surface area contributed by atoms with Crippen LogP contribution in [0.5, 0.6) is 0 Å². The minimum absolute atomic E-state index is 0.507. The van der Waals surface area contributed by atoms with Crippen LogP contribution in [0.2, 0.25) is 0 Å². The number of nitrogens with two attached hydrogens (primary N) is 1. The molecule has 0 bridgehead atoms. The zero-order valence-corrected chi connectivity index (χ0v) is 12.1. The van der Waals surface area contributed by atoms with Crippen molar-refractivity contribution < 1.29 is 0 Å². The number of hydrogen-bond acceptors (Lipinski definition) is 4. The van der Waals surface area contributed by atoms with Crippen LogP contribution < -0.4 is 5.73 Å². The van der Waals surface area contributed by atoms with Gasteiger partial charge in [-0.05, 0) is 39.7 Å². The largest absolute Gasteiger partial charge is 0.325 e. The van der Waals surface area contributed by atoms with Crippen molar-refractivity contribution in [3.05, 3.63) is 29.6 Å². The van der Waals surface area contributed by atoms with E-state index in [9.17, 15) is 0 Å². The second-order valence-electron chi connectivity index (χ2n) is 5.00. The van der Waals surface area contributed by atoms with Gasteiger partial charge in [0.05, 0.1) is 11.4 Å². The third-order valence-corrected chi connectivity index (χ3v) is 3.10. The highest BCUT2D eigenvalue weighted by molar-refractivity contribution is 5.11.